The monoisotopic (exact) mass is 222 g/mol. The minimum Gasteiger partial charge on any atom is -0.268 e. The predicted octanol–water partition coefficient (Wildman–Crippen LogP) is 1.88. The van der Waals surface area contributed by atoms with Crippen LogP contribution >= 0.6 is 0 Å². The summed E-state index contributed by atoms with van der Waals surface area (Å²) in [5.74, 6) is 0. The van der Waals surface area contributed by atoms with E-state index < -0.39 is 10.3 Å². The van der Waals surface area contributed by atoms with Crippen molar-refractivity contribution >= 4 is 26.8 Å². The second-order valence-electron chi connectivity index (χ2n) is 3.07. The lowest BCUT2D eigenvalue weighted by Crippen LogP contribution is -2.08. The van der Waals surface area contributed by atoms with E-state index >= 15 is 0 Å². The summed E-state index contributed by atoms with van der Waals surface area (Å²) >= 11 is 0. The number of hydrogen-bond donors (Lipinski definition) is 1. The normalized spacial score (nSPS) is 11.5. The third-order valence-electron chi connectivity index (χ3n) is 1.95. The highest BCUT2D eigenvalue weighted by Gasteiger charge is 2.06. The highest BCUT2D eigenvalue weighted by atomic mass is 32.2. The summed E-state index contributed by atoms with van der Waals surface area (Å²) in [7, 11) is -4.32. The molecule has 0 saturated carbocycles. The largest absolute Gasteiger partial charge is 0.378 e. The Hall–Kier alpha value is -1.59. The summed E-state index contributed by atoms with van der Waals surface area (Å²) in [6, 6.07) is 12.4. The standard InChI is InChI=1S/C10H8NO3S/c12-15(13,14)11-10-6-5-8-3-1-2-4-9(8)7-10/h1-7H,(H,12,13,14). The van der Waals surface area contributed by atoms with Gasteiger partial charge in [0.1, 0.15) is 0 Å². The number of hydrogen-bond acceptors (Lipinski definition) is 2. The number of rotatable bonds is 2. The van der Waals surface area contributed by atoms with Crippen molar-refractivity contribution in [1.29, 1.82) is 0 Å². The van der Waals surface area contributed by atoms with Crippen molar-refractivity contribution in [2.24, 2.45) is 0 Å². The van der Waals surface area contributed by atoms with Crippen molar-refractivity contribution in [3.8, 4) is 0 Å². The molecule has 0 aliphatic carbocycles. The van der Waals surface area contributed by atoms with E-state index in [4.69, 9.17) is 4.55 Å². The third-order valence-corrected chi connectivity index (χ3v) is 2.40. The first-order chi connectivity index (χ1) is 7.04. The smallest absolute Gasteiger partial charge is 0.268 e. The molecule has 77 valence electrons. The first-order valence-electron chi connectivity index (χ1n) is 4.24. The Bertz CT molecular complexity index is 592. The fourth-order valence-electron chi connectivity index (χ4n) is 1.37. The topological polar surface area (TPSA) is 68.5 Å². The molecule has 0 amide bonds. The Labute approximate surface area is 87.4 Å². The van der Waals surface area contributed by atoms with Gasteiger partial charge in [0.05, 0.1) is 5.69 Å². The molecule has 0 saturated heterocycles. The molecule has 0 bridgehead atoms. The molecule has 0 aliphatic heterocycles. The minimum absolute atomic E-state index is 0.219. The summed E-state index contributed by atoms with van der Waals surface area (Å²) in [6.07, 6.45) is 0. The van der Waals surface area contributed by atoms with Crippen LogP contribution in [0.4, 0.5) is 5.69 Å². The van der Waals surface area contributed by atoms with E-state index in [2.05, 4.69) is 4.72 Å². The van der Waals surface area contributed by atoms with Crippen molar-refractivity contribution in [1.82, 2.24) is 4.72 Å². The van der Waals surface area contributed by atoms with Gasteiger partial charge in [-0.2, -0.15) is 8.42 Å². The number of benzene rings is 2. The molecule has 2 aromatic rings. The average Bonchev–Trinajstić information content (AvgIpc) is 2.15. The predicted molar refractivity (Wildman–Crippen MR) is 57.3 cm³/mol. The van der Waals surface area contributed by atoms with Crippen LogP contribution < -0.4 is 4.72 Å². The molecule has 1 radical (unpaired) electrons. The fraction of sp³-hybridized carbons (Fsp3) is 0. The van der Waals surface area contributed by atoms with E-state index in [1.165, 1.54) is 6.07 Å². The third kappa shape index (κ3) is 2.45. The first kappa shape index (κ1) is 9.95. The molecule has 0 unspecified atom stereocenters. The first-order valence-corrected chi connectivity index (χ1v) is 5.63. The molecule has 15 heavy (non-hydrogen) atoms. The van der Waals surface area contributed by atoms with Crippen molar-refractivity contribution in [3.63, 3.8) is 0 Å². The van der Waals surface area contributed by atoms with E-state index in [1.807, 2.05) is 24.3 Å². The van der Waals surface area contributed by atoms with Crippen LogP contribution in [-0.4, -0.2) is 13.0 Å². The van der Waals surface area contributed by atoms with Crippen molar-refractivity contribution in [3.05, 3.63) is 42.5 Å². The zero-order valence-corrected chi connectivity index (χ0v) is 8.48. The zero-order chi connectivity index (χ0) is 10.9. The zero-order valence-electron chi connectivity index (χ0n) is 7.66. The fourth-order valence-corrected chi connectivity index (χ4v) is 1.75. The molecule has 0 heterocycles. The second-order valence-corrected chi connectivity index (χ2v) is 4.15. The van der Waals surface area contributed by atoms with Gasteiger partial charge in [-0.05, 0) is 22.9 Å². The highest BCUT2D eigenvalue weighted by Crippen LogP contribution is 2.19. The maximum absolute atomic E-state index is 10.5. The summed E-state index contributed by atoms with van der Waals surface area (Å²) in [5, 5.41) is 1.87. The van der Waals surface area contributed by atoms with Gasteiger partial charge in [0, 0.05) is 0 Å². The lowest BCUT2D eigenvalue weighted by molar-refractivity contribution is 0.476. The lowest BCUT2D eigenvalue weighted by Gasteiger charge is -2.01. The van der Waals surface area contributed by atoms with E-state index in [9.17, 15) is 8.42 Å². The van der Waals surface area contributed by atoms with E-state index in [1.54, 1.807) is 12.1 Å². The van der Waals surface area contributed by atoms with Crippen molar-refractivity contribution in [2.75, 3.05) is 0 Å². The molecule has 4 nitrogen and oxygen atoms in total. The molecule has 0 spiro atoms. The number of fused-ring (bicyclic) bond motifs is 1. The minimum atomic E-state index is -4.32. The van der Waals surface area contributed by atoms with Crippen LogP contribution in [0, 0.1) is 0 Å². The Balaban J connectivity index is 2.48. The van der Waals surface area contributed by atoms with Crippen molar-refractivity contribution < 1.29 is 13.0 Å². The van der Waals surface area contributed by atoms with E-state index in [-0.39, 0.29) is 5.69 Å². The Morgan fingerprint density at radius 1 is 1.00 bits per heavy atom. The Morgan fingerprint density at radius 2 is 1.67 bits per heavy atom. The lowest BCUT2D eigenvalue weighted by atomic mass is 10.1. The SMILES string of the molecule is O=S(=O)(O)[N]c1ccc2ccccc2c1. The summed E-state index contributed by atoms with van der Waals surface area (Å²) in [5.41, 5.74) is 0.219. The maximum atomic E-state index is 10.5. The van der Waals surface area contributed by atoms with Gasteiger partial charge in [0.25, 0.3) is 0 Å². The van der Waals surface area contributed by atoms with Gasteiger partial charge < -0.3 is 0 Å². The van der Waals surface area contributed by atoms with Crippen LogP contribution in [-0.2, 0) is 10.3 Å². The molecular weight excluding hydrogens is 214 g/mol. The molecule has 0 fully saturated rings. The van der Waals surface area contributed by atoms with Gasteiger partial charge >= 0.3 is 10.3 Å². The van der Waals surface area contributed by atoms with Gasteiger partial charge in [-0.15, -0.1) is 4.72 Å². The van der Waals surface area contributed by atoms with Gasteiger partial charge in [-0.25, -0.2) is 0 Å². The van der Waals surface area contributed by atoms with Gasteiger partial charge in [-0.1, -0.05) is 30.3 Å². The second kappa shape index (κ2) is 3.52. The molecule has 2 aromatic carbocycles. The molecule has 1 N–H and O–H groups in total. The highest BCUT2D eigenvalue weighted by molar-refractivity contribution is 7.83. The van der Waals surface area contributed by atoms with Crippen LogP contribution in [0.1, 0.15) is 0 Å². The van der Waals surface area contributed by atoms with Crippen LogP contribution in [0.5, 0.6) is 0 Å². The summed E-state index contributed by atoms with van der Waals surface area (Å²) < 4.78 is 32.8. The molecule has 2 rings (SSSR count). The van der Waals surface area contributed by atoms with E-state index in [0.29, 0.717) is 0 Å². The Morgan fingerprint density at radius 3 is 2.33 bits per heavy atom. The van der Waals surface area contributed by atoms with Crippen LogP contribution in [0.3, 0.4) is 0 Å². The molecule has 0 aliphatic rings. The van der Waals surface area contributed by atoms with E-state index in [0.717, 1.165) is 10.8 Å². The average molecular weight is 222 g/mol. The number of nitrogens with zero attached hydrogens (tertiary/aromatic N) is 1. The van der Waals surface area contributed by atoms with Crippen LogP contribution in [0.2, 0.25) is 0 Å². The molecule has 0 atom stereocenters. The molecule has 5 heteroatoms. The molecule has 0 aromatic heterocycles. The van der Waals surface area contributed by atoms with Gasteiger partial charge in [0.15, 0.2) is 0 Å². The van der Waals surface area contributed by atoms with Crippen molar-refractivity contribution in [2.45, 2.75) is 0 Å². The summed E-state index contributed by atoms with van der Waals surface area (Å²) in [6.45, 7) is 0. The van der Waals surface area contributed by atoms with Crippen LogP contribution in [0.15, 0.2) is 42.5 Å². The Kier molecular flexibility index (Phi) is 2.34. The summed E-state index contributed by atoms with van der Waals surface area (Å²) in [4.78, 5) is 0. The molecular formula is C10H8NO3S. The van der Waals surface area contributed by atoms with Crippen LogP contribution in [0.25, 0.3) is 10.8 Å². The quantitative estimate of drug-likeness (QED) is 0.789. The van der Waals surface area contributed by atoms with Gasteiger partial charge in [-0.3, -0.25) is 4.55 Å². The maximum Gasteiger partial charge on any atom is 0.378 e. The van der Waals surface area contributed by atoms with Gasteiger partial charge in [0.2, 0.25) is 0 Å².